The van der Waals surface area contributed by atoms with Crippen LogP contribution in [0.3, 0.4) is 0 Å². The normalized spacial score (nSPS) is 18.8. The van der Waals surface area contributed by atoms with E-state index in [2.05, 4.69) is 37.4 Å². The third-order valence-electron chi connectivity index (χ3n) is 6.02. The van der Waals surface area contributed by atoms with Gasteiger partial charge in [-0.15, -0.1) is 0 Å². The molecular weight excluding hydrogens is 468 g/mol. The van der Waals surface area contributed by atoms with Crippen LogP contribution in [-0.4, -0.2) is 87.4 Å². The van der Waals surface area contributed by atoms with E-state index in [0.29, 0.717) is 79.3 Å². The van der Waals surface area contributed by atoms with Crippen LogP contribution < -0.4 is 29.3 Å². The van der Waals surface area contributed by atoms with Gasteiger partial charge in [0, 0.05) is 0 Å². The second-order valence-corrected chi connectivity index (χ2v) is 13.2. The minimum absolute atomic E-state index is 0.456. The molecule has 0 bridgehead atoms. The van der Waals surface area contributed by atoms with Crippen molar-refractivity contribution in [3.05, 3.63) is 36.4 Å². The Bertz CT molecular complexity index is 862. The van der Waals surface area contributed by atoms with Crippen molar-refractivity contribution in [2.75, 3.05) is 79.3 Å². The fourth-order valence-corrected chi connectivity index (χ4v) is 6.23. The summed E-state index contributed by atoms with van der Waals surface area (Å²) in [7, 11) is -2.10. The molecule has 0 N–H and O–H groups in total. The number of hydrogen-bond acceptors (Lipinski definition) is 8. The number of ether oxygens (including phenoxy) is 8. The first-order valence-electron chi connectivity index (χ1n) is 12.3. The van der Waals surface area contributed by atoms with Crippen molar-refractivity contribution in [3.63, 3.8) is 0 Å². The molecule has 0 amide bonds. The smallest absolute Gasteiger partial charge is 0.161 e. The summed E-state index contributed by atoms with van der Waals surface area (Å²) in [5.41, 5.74) is 0. The second-order valence-electron chi connectivity index (χ2n) is 8.79. The van der Waals surface area contributed by atoms with Crippen LogP contribution in [0.2, 0.25) is 13.1 Å². The zero-order valence-electron chi connectivity index (χ0n) is 20.7. The molecule has 0 aromatic heterocycles. The molecule has 0 atom stereocenters. The molecule has 192 valence electrons. The summed E-state index contributed by atoms with van der Waals surface area (Å²) in [5.74, 6) is 2.91. The van der Waals surface area contributed by atoms with Gasteiger partial charge in [-0.1, -0.05) is 35.6 Å². The zero-order chi connectivity index (χ0) is 24.3. The predicted octanol–water partition coefficient (Wildman–Crippen LogP) is 2.12. The van der Waals surface area contributed by atoms with E-state index in [1.165, 1.54) is 10.4 Å². The summed E-state index contributed by atoms with van der Waals surface area (Å²) < 4.78 is 46.2. The van der Waals surface area contributed by atoms with Gasteiger partial charge in [0.2, 0.25) is 0 Å². The third kappa shape index (κ3) is 7.34. The monoisotopic (exact) mass is 504 g/mol. The highest BCUT2D eigenvalue weighted by molar-refractivity contribution is 7.00. The maximum Gasteiger partial charge on any atom is 0.161 e. The van der Waals surface area contributed by atoms with Gasteiger partial charge >= 0.3 is 0 Å². The first-order valence-corrected chi connectivity index (χ1v) is 15.3. The SMILES string of the molecule is C[Si](C)(c1ccc2c(c1)OCCOCCOCCO2)c1ccc2c(c1)OCCOCCOCCO2. The van der Waals surface area contributed by atoms with Crippen molar-refractivity contribution < 1.29 is 37.9 Å². The van der Waals surface area contributed by atoms with Gasteiger partial charge in [0.25, 0.3) is 0 Å². The minimum atomic E-state index is -2.10. The van der Waals surface area contributed by atoms with Gasteiger partial charge in [0.15, 0.2) is 23.0 Å². The minimum Gasteiger partial charge on any atom is -0.487 e. The molecule has 0 radical (unpaired) electrons. The molecule has 0 saturated carbocycles. The van der Waals surface area contributed by atoms with Gasteiger partial charge in [-0.3, -0.25) is 0 Å². The van der Waals surface area contributed by atoms with E-state index in [1.807, 2.05) is 12.1 Å². The predicted molar refractivity (Wildman–Crippen MR) is 135 cm³/mol. The van der Waals surface area contributed by atoms with Gasteiger partial charge < -0.3 is 37.9 Å². The molecule has 0 fully saturated rings. The summed E-state index contributed by atoms with van der Waals surface area (Å²) in [6.45, 7) is 10.7. The van der Waals surface area contributed by atoms with Crippen molar-refractivity contribution >= 4 is 18.4 Å². The van der Waals surface area contributed by atoms with E-state index >= 15 is 0 Å². The highest BCUT2D eigenvalue weighted by atomic mass is 28.3. The highest BCUT2D eigenvalue weighted by Gasteiger charge is 2.29. The second kappa shape index (κ2) is 13.1. The number of hydrogen-bond donors (Lipinski definition) is 0. The molecule has 8 nitrogen and oxygen atoms in total. The molecule has 9 heteroatoms. The molecule has 2 aromatic carbocycles. The van der Waals surface area contributed by atoms with E-state index in [4.69, 9.17) is 37.9 Å². The maximum atomic E-state index is 6.06. The van der Waals surface area contributed by atoms with Crippen molar-refractivity contribution in [2.24, 2.45) is 0 Å². The Kier molecular flexibility index (Phi) is 9.67. The summed E-state index contributed by atoms with van der Waals surface area (Å²) in [4.78, 5) is 0. The maximum absolute atomic E-state index is 6.06. The first kappa shape index (κ1) is 25.8. The molecule has 2 aromatic rings. The Balaban J connectivity index is 1.56. The van der Waals surface area contributed by atoms with Crippen LogP contribution in [0.25, 0.3) is 0 Å². The van der Waals surface area contributed by atoms with Gasteiger partial charge in [-0.2, -0.15) is 0 Å². The first-order chi connectivity index (χ1) is 17.1. The molecule has 0 unspecified atom stereocenters. The highest BCUT2D eigenvalue weighted by Crippen LogP contribution is 2.29. The average molecular weight is 505 g/mol. The number of fused-ring (bicyclic) bond motifs is 2. The molecular formula is C26H36O8Si. The van der Waals surface area contributed by atoms with Crippen LogP contribution in [-0.2, 0) is 18.9 Å². The van der Waals surface area contributed by atoms with Crippen molar-refractivity contribution in [1.82, 2.24) is 0 Å². The molecule has 4 rings (SSSR count). The van der Waals surface area contributed by atoms with Crippen LogP contribution in [0.15, 0.2) is 36.4 Å². The van der Waals surface area contributed by atoms with Crippen molar-refractivity contribution in [1.29, 1.82) is 0 Å². The summed E-state index contributed by atoms with van der Waals surface area (Å²) in [6.07, 6.45) is 0. The Labute approximate surface area is 208 Å². The molecule has 0 saturated heterocycles. The van der Waals surface area contributed by atoms with E-state index < -0.39 is 8.07 Å². The summed E-state index contributed by atoms with van der Waals surface area (Å²) in [5, 5.41) is 2.46. The standard InChI is InChI=1S/C26H36O8Si/c1-35(2,21-3-5-23-25(19-21)33-17-13-29-9-7-27-11-15-31-23)22-4-6-24-26(20-22)34-18-14-30-10-8-28-12-16-32-24/h3-6,19-20H,7-18H2,1-2H3. The van der Waals surface area contributed by atoms with Crippen LogP contribution in [0.4, 0.5) is 0 Å². The third-order valence-corrected chi connectivity index (χ3v) is 9.52. The van der Waals surface area contributed by atoms with Gasteiger partial charge in [-0.05, 0) is 24.3 Å². The van der Waals surface area contributed by atoms with Crippen LogP contribution in [0.1, 0.15) is 0 Å². The summed E-state index contributed by atoms with van der Waals surface area (Å²) in [6, 6.07) is 12.5. The largest absolute Gasteiger partial charge is 0.487 e. The lowest BCUT2D eigenvalue weighted by Crippen LogP contribution is -2.52. The van der Waals surface area contributed by atoms with Gasteiger partial charge in [0.1, 0.15) is 34.5 Å². The molecule has 0 aliphatic carbocycles. The van der Waals surface area contributed by atoms with E-state index in [9.17, 15) is 0 Å². The lowest BCUT2D eigenvalue weighted by molar-refractivity contribution is 0.0223. The summed E-state index contributed by atoms with van der Waals surface area (Å²) >= 11 is 0. The average Bonchev–Trinajstić information content (AvgIpc) is 2.84. The lowest BCUT2D eigenvalue weighted by atomic mass is 10.3. The molecule has 0 spiro atoms. The topological polar surface area (TPSA) is 73.8 Å². The van der Waals surface area contributed by atoms with Crippen LogP contribution in [0.5, 0.6) is 23.0 Å². The quantitative estimate of drug-likeness (QED) is 0.576. The Hall–Kier alpha value is -2.30. The van der Waals surface area contributed by atoms with Gasteiger partial charge in [0.05, 0.1) is 52.9 Å². The number of benzene rings is 2. The Morgan fingerprint density at radius 1 is 0.429 bits per heavy atom. The lowest BCUT2D eigenvalue weighted by Gasteiger charge is -2.26. The van der Waals surface area contributed by atoms with Crippen LogP contribution >= 0.6 is 0 Å². The molecule has 2 aliphatic rings. The van der Waals surface area contributed by atoms with Crippen molar-refractivity contribution in [3.8, 4) is 23.0 Å². The zero-order valence-corrected chi connectivity index (χ0v) is 21.7. The molecule has 35 heavy (non-hydrogen) atoms. The molecule has 2 heterocycles. The van der Waals surface area contributed by atoms with Crippen LogP contribution in [0, 0.1) is 0 Å². The fourth-order valence-electron chi connectivity index (χ4n) is 3.91. The Morgan fingerprint density at radius 2 is 0.743 bits per heavy atom. The number of rotatable bonds is 2. The Morgan fingerprint density at radius 3 is 1.11 bits per heavy atom. The van der Waals surface area contributed by atoms with E-state index in [-0.39, 0.29) is 0 Å². The van der Waals surface area contributed by atoms with Crippen molar-refractivity contribution in [2.45, 2.75) is 13.1 Å². The van der Waals surface area contributed by atoms with E-state index in [0.717, 1.165) is 23.0 Å². The van der Waals surface area contributed by atoms with E-state index in [1.54, 1.807) is 0 Å². The fraction of sp³-hybridized carbons (Fsp3) is 0.538. The molecule has 2 aliphatic heterocycles. The van der Waals surface area contributed by atoms with Gasteiger partial charge in [-0.25, -0.2) is 0 Å².